The van der Waals surface area contributed by atoms with Gasteiger partial charge in [-0.3, -0.25) is 14.5 Å². The zero-order chi connectivity index (χ0) is 26.3. The summed E-state index contributed by atoms with van der Waals surface area (Å²) in [5, 5.41) is 12.0. The fraction of sp³-hybridized carbons (Fsp3) is 0.207. The molecule has 37 heavy (non-hydrogen) atoms. The maximum Gasteiger partial charge on any atom is 0.301 e. The van der Waals surface area contributed by atoms with Crippen LogP contribution in [-0.4, -0.2) is 36.0 Å². The first-order valence-corrected chi connectivity index (χ1v) is 12.7. The Hall–Kier alpha value is -4.17. The normalized spacial score (nSPS) is 17.0. The quantitative estimate of drug-likeness (QED) is 0.198. The Labute approximate surface area is 218 Å². The number of ether oxygens (including phenoxy) is 2. The summed E-state index contributed by atoms with van der Waals surface area (Å²) < 4.78 is 11.9. The molecule has 1 unspecified atom stereocenters. The predicted octanol–water partition coefficient (Wildman–Crippen LogP) is 5.81. The Bertz CT molecular complexity index is 1550. The molecule has 8 heteroatoms. The molecule has 1 amide bonds. The van der Waals surface area contributed by atoms with E-state index in [1.165, 1.54) is 30.5 Å². The highest BCUT2D eigenvalue weighted by molar-refractivity contribution is 7.22. The lowest BCUT2D eigenvalue weighted by Crippen LogP contribution is -2.29. The summed E-state index contributed by atoms with van der Waals surface area (Å²) in [4.78, 5) is 33.2. The average molecular weight is 515 g/mol. The largest absolute Gasteiger partial charge is 0.506 e. The number of carbonyl (C=O) groups is 2. The first kappa shape index (κ1) is 24.5. The van der Waals surface area contributed by atoms with E-state index in [1.54, 1.807) is 18.2 Å². The Morgan fingerprint density at radius 3 is 2.38 bits per heavy atom. The molecule has 0 spiro atoms. The maximum atomic E-state index is 13.6. The first-order valence-electron chi connectivity index (χ1n) is 11.9. The Kier molecular flexibility index (Phi) is 6.43. The summed E-state index contributed by atoms with van der Waals surface area (Å²) in [6.07, 6.45) is 0.873. The zero-order valence-electron chi connectivity index (χ0n) is 20.9. The van der Waals surface area contributed by atoms with Crippen molar-refractivity contribution in [3.05, 3.63) is 88.5 Å². The predicted molar refractivity (Wildman–Crippen MR) is 145 cm³/mol. The van der Waals surface area contributed by atoms with Crippen molar-refractivity contribution in [2.24, 2.45) is 0 Å². The van der Waals surface area contributed by atoms with Gasteiger partial charge in [-0.15, -0.1) is 0 Å². The van der Waals surface area contributed by atoms with Gasteiger partial charge in [0.25, 0.3) is 5.78 Å². The molecule has 3 aromatic carbocycles. The van der Waals surface area contributed by atoms with E-state index in [9.17, 15) is 14.7 Å². The van der Waals surface area contributed by atoms with Gasteiger partial charge in [-0.1, -0.05) is 60.2 Å². The van der Waals surface area contributed by atoms with Gasteiger partial charge in [0, 0.05) is 0 Å². The van der Waals surface area contributed by atoms with E-state index in [0.717, 1.165) is 27.8 Å². The van der Waals surface area contributed by atoms with Crippen LogP contribution in [-0.2, 0) is 16.0 Å². The van der Waals surface area contributed by atoms with Crippen LogP contribution in [0.25, 0.3) is 16.0 Å². The number of methoxy groups -OCH3 is 2. The smallest absolute Gasteiger partial charge is 0.301 e. The lowest BCUT2D eigenvalue weighted by atomic mass is 9.94. The topological polar surface area (TPSA) is 89.0 Å². The van der Waals surface area contributed by atoms with Gasteiger partial charge < -0.3 is 14.6 Å². The summed E-state index contributed by atoms with van der Waals surface area (Å²) >= 11 is 1.35. The van der Waals surface area contributed by atoms with Crippen molar-refractivity contribution in [1.29, 1.82) is 0 Å². The van der Waals surface area contributed by atoms with Gasteiger partial charge in [-0.2, -0.15) is 0 Å². The van der Waals surface area contributed by atoms with Crippen LogP contribution in [0.4, 0.5) is 5.13 Å². The Balaban J connectivity index is 1.77. The van der Waals surface area contributed by atoms with Crippen molar-refractivity contribution < 1.29 is 24.2 Å². The van der Waals surface area contributed by atoms with Gasteiger partial charge >= 0.3 is 5.91 Å². The second-order valence-corrected chi connectivity index (χ2v) is 9.78. The fourth-order valence-electron chi connectivity index (χ4n) is 4.68. The highest BCUT2D eigenvalue weighted by Gasteiger charge is 2.48. The molecule has 1 aliphatic rings. The molecule has 188 valence electrons. The minimum absolute atomic E-state index is 0.0492. The Morgan fingerprint density at radius 1 is 1.03 bits per heavy atom. The molecule has 1 atom stereocenters. The molecular weight excluding hydrogens is 488 g/mol. The number of aliphatic hydroxyl groups is 1. The summed E-state index contributed by atoms with van der Waals surface area (Å²) in [7, 11) is 2.93. The number of ketones is 1. The minimum Gasteiger partial charge on any atom is -0.506 e. The molecule has 1 aromatic heterocycles. The number of aromatic nitrogens is 1. The number of anilines is 1. The van der Waals surface area contributed by atoms with Crippen LogP contribution in [0.15, 0.2) is 66.2 Å². The van der Waals surface area contributed by atoms with Gasteiger partial charge in [0.2, 0.25) is 0 Å². The van der Waals surface area contributed by atoms with E-state index in [4.69, 9.17) is 14.5 Å². The second-order valence-electron chi connectivity index (χ2n) is 8.77. The first-order chi connectivity index (χ1) is 17.9. The number of nitrogens with zero attached hydrogens (tertiary/aromatic N) is 2. The SMILES string of the molecule is CCc1ccc2nc(N3C(=O)C(=O)/C(=C(/O)c4c(OC)cccc4OC)C3c3cccc(C)c3)sc2c1. The van der Waals surface area contributed by atoms with Gasteiger partial charge in [-0.05, 0) is 48.7 Å². The van der Waals surface area contributed by atoms with Crippen molar-refractivity contribution >= 4 is 44.1 Å². The number of rotatable bonds is 6. The molecule has 0 aliphatic carbocycles. The van der Waals surface area contributed by atoms with Crippen LogP contribution in [0.1, 0.15) is 35.2 Å². The fourth-order valence-corrected chi connectivity index (χ4v) is 5.74. The molecule has 7 nitrogen and oxygen atoms in total. The number of Topliss-reactive ketones (excluding diaryl/α,β-unsaturated/α-hetero) is 1. The number of benzene rings is 3. The van der Waals surface area contributed by atoms with Gasteiger partial charge in [0.1, 0.15) is 22.8 Å². The third kappa shape index (κ3) is 4.13. The van der Waals surface area contributed by atoms with Crippen LogP contribution < -0.4 is 14.4 Å². The van der Waals surface area contributed by atoms with Crippen LogP contribution in [0.3, 0.4) is 0 Å². The van der Waals surface area contributed by atoms with E-state index in [2.05, 4.69) is 13.0 Å². The zero-order valence-corrected chi connectivity index (χ0v) is 21.8. The number of fused-ring (bicyclic) bond motifs is 1. The molecule has 4 aromatic rings. The van der Waals surface area contributed by atoms with Crippen molar-refractivity contribution in [2.75, 3.05) is 19.1 Å². The van der Waals surface area contributed by atoms with Crippen LogP contribution in [0.2, 0.25) is 0 Å². The van der Waals surface area contributed by atoms with E-state index >= 15 is 0 Å². The van der Waals surface area contributed by atoms with Gasteiger partial charge in [0.15, 0.2) is 5.13 Å². The summed E-state index contributed by atoms with van der Waals surface area (Å²) in [6, 6.07) is 17.7. The number of aryl methyl sites for hydroxylation is 2. The van der Waals surface area contributed by atoms with E-state index in [0.29, 0.717) is 22.2 Å². The van der Waals surface area contributed by atoms with E-state index in [1.807, 2.05) is 43.3 Å². The maximum absolute atomic E-state index is 13.6. The summed E-state index contributed by atoms with van der Waals surface area (Å²) in [5.74, 6) is -1.28. The van der Waals surface area contributed by atoms with Crippen LogP contribution in [0.5, 0.6) is 11.5 Å². The average Bonchev–Trinajstić information content (AvgIpc) is 3.45. The number of thiazole rings is 1. The lowest BCUT2D eigenvalue weighted by molar-refractivity contribution is -0.132. The van der Waals surface area contributed by atoms with Crippen molar-refractivity contribution in [3.63, 3.8) is 0 Å². The van der Waals surface area contributed by atoms with Gasteiger partial charge in [-0.25, -0.2) is 4.98 Å². The third-order valence-corrected chi connectivity index (χ3v) is 7.54. The summed E-state index contributed by atoms with van der Waals surface area (Å²) in [5.41, 5.74) is 3.70. The van der Waals surface area contributed by atoms with E-state index < -0.39 is 17.7 Å². The highest BCUT2D eigenvalue weighted by atomic mass is 32.1. The monoisotopic (exact) mass is 514 g/mol. The van der Waals surface area contributed by atoms with Gasteiger partial charge in [0.05, 0.1) is 36.1 Å². The number of hydrogen-bond donors (Lipinski definition) is 1. The number of hydrogen-bond acceptors (Lipinski definition) is 7. The molecule has 5 rings (SSSR count). The van der Waals surface area contributed by atoms with Crippen molar-refractivity contribution in [3.8, 4) is 11.5 Å². The number of aliphatic hydroxyl groups excluding tert-OH is 1. The molecular formula is C29H26N2O5S. The molecule has 0 saturated carbocycles. The van der Waals surface area contributed by atoms with E-state index in [-0.39, 0.29) is 16.9 Å². The minimum atomic E-state index is -0.888. The molecule has 0 bridgehead atoms. The third-order valence-electron chi connectivity index (χ3n) is 6.52. The van der Waals surface area contributed by atoms with Crippen LogP contribution >= 0.6 is 11.3 Å². The second kappa shape index (κ2) is 9.71. The summed E-state index contributed by atoms with van der Waals surface area (Å²) in [6.45, 7) is 4.01. The standard InChI is InChI=1S/C29H26N2O5S/c1-5-17-12-13-19-22(15-17)37-29(30-19)31-25(18-9-6-8-16(2)14-18)24(27(33)28(31)34)26(32)23-20(35-3)10-7-11-21(23)36-4/h6-15,25,32H,5H2,1-4H3/b26-24+. The van der Waals surface area contributed by atoms with Crippen molar-refractivity contribution in [1.82, 2.24) is 4.98 Å². The lowest BCUT2D eigenvalue weighted by Gasteiger charge is -2.23. The highest BCUT2D eigenvalue weighted by Crippen LogP contribution is 2.46. The number of amides is 1. The Morgan fingerprint density at radius 2 is 1.73 bits per heavy atom. The van der Waals surface area contributed by atoms with Crippen LogP contribution in [0, 0.1) is 6.92 Å². The molecule has 2 heterocycles. The molecule has 1 fully saturated rings. The number of carbonyl (C=O) groups excluding carboxylic acids is 2. The van der Waals surface area contributed by atoms with Crippen molar-refractivity contribution in [2.45, 2.75) is 26.3 Å². The molecule has 0 radical (unpaired) electrons. The molecule has 1 saturated heterocycles. The molecule has 1 N–H and O–H groups in total. The molecule has 1 aliphatic heterocycles.